The molecule has 0 bridgehead atoms. The predicted octanol–water partition coefficient (Wildman–Crippen LogP) is 5.49. The Balaban J connectivity index is 1.78. The molecule has 29 heavy (non-hydrogen) atoms. The van der Waals surface area contributed by atoms with Gasteiger partial charge in [-0.3, -0.25) is 4.79 Å². The second-order valence-electron chi connectivity index (χ2n) is 6.52. The number of ketones is 1. The first-order valence-electron chi connectivity index (χ1n) is 9.33. The Morgan fingerprint density at radius 3 is 2.28 bits per heavy atom. The molecule has 0 atom stereocenters. The molecule has 0 aliphatic rings. The van der Waals surface area contributed by atoms with Crippen molar-refractivity contribution in [2.45, 2.75) is 13.5 Å². The van der Waals surface area contributed by atoms with Gasteiger partial charge in [-0.25, -0.2) is 0 Å². The molecule has 0 aliphatic carbocycles. The molecule has 0 fully saturated rings. The van der Waals surface area contributed by atoms with Gasteiger partial charge in [-0.1, -0.05) is 42.5 Å². The van der Waals surface area contributed by atoms with Crippen LogP contribution in [-0.4, -0.2) is 20.0 Å². The maximum absolute atomic E-state index is 12.5. The SMILES string of the molecule is COc1ccc(/C=C/C(=O)c2ccccc2OC)cc1COc1ccccc1C. The largest absolute Gasteiger partial charge is 0.496 e. The normalized spacial score (nSPS) is 10.7. The highest BCUT2D eigenvalue weighted by atomic mass is 16.5. The molecule has 148 valence electrons. The Morgan fingerprint density at radius 2 is 1.55 bits per heavy atom. The van der Waals surface area contributed by atoms with Crippen molar-refractivity contribution in [1.29, 1.82) is 0 Å². The lowest BCUT2D eigenvalue weighted by Crippen LogP contribution is -2.00. The average Bonchev–Trinajstić information content (AvgIpc) is 2.76. The summed E-state index contributed by atoms with van der Waals surface area (Å²) in [4.78, 5) is 12.5. The van der Waals surface area contributed by atoms with Crippen LogP contribution in [0.3, 0.4) is 0 Å². The molecule has 4 heteroatoms. The number of aryl methyl sites for hydroxylation is 1. The lowest BCUT2D eigenvalue weighted by molar-refractivity contribution is 0.104. The van der Waals surface area contributed by atoms with Crippen LogP contribution < -0.4 is 14.2 Å². The summed E-state index contributed by atoms with van der Waals surface area (Å²) < 4.78 is 16.7. The molecule has 0 aliphatic heterocycles. The smallest absolute Gasteiger partial charge is 0.189 e. The van der Waals surface area contributed by atoms with Crippen molar-refractivity contribution < 1.29 is 19.0 Å². The van der Waals surface area contributed by atoms with Gasteiger partial charge in [0.15, 0.2) is 5.78 Å². The van der Waals surface area contributed by atoms with E-state index in [-0.39, 0.29) is 5.78 Å². The van der Waals surface area contributed by atoms with Gasteiger partial charge in [-0.05, 0) is 54.5 Å². The van der Waals surface area contributed by atoms with Gasteiger partial charge in [0, 0.05) is 5.56 Å². The number of hydrogen-bond acceptors (Lipinski definition) is 4. The average molecular weight is 388 g/mol. The van der Waals surface area contributed by atoms with Crippen LogP contribution in [0.4, 0.5) is 0 Å². The topological polar surface area (TPSA) is 44.8 Å². The molecule has 0 radical (unpaired) electrons. The summed E-state index contributed by atoms with van der Waals surface area (Å²) in [7, 11) is 3.19. The Morgan fingerprint density at radius 1 is 0.862 bits per heavy atom. The molecular formula is C25H24O4. The highest BCUT2D eigenvalue weighted by Gasteiger charge is 2.09. The first-order valence-corrected chi connectivity index (χ1v) is 9.33. The molecule has 0 saturated carbocycles. The van der Waals surface area contributed by atoms with E-state index in [0.29, 0.717) is 17.9 Å². The van der Waals surface area contributed by atoms with Crippen LogP contribution in [0.2, 0.25) is 0 Å². The summed E-state index contributed by atoms with van der Waals surface area (Å²) in [6.45, 7) is 2.38. The highest BCUT2D eigenvalue weighted by molar-refractivity contribution is 6.08. The monoisotopic (exact) mass is 388 g/mol. The zero-order valence-corrected chi connectivity index (χ0v) is 16.8. The van der Waals surface area contributed by atoms with Crippen LogP contribution in [0.5, 0.6) is 17.2 Å². The third-order valence-electron chi connectivity index (χ3n) is 4.58. The number of carbonyl (C=O) groups excluding carboxylic acids is 1. The van der Waals surface area contributed by atoms with Crippen LogP contribution >= 0.6 is 0 Å². The van der Waals surface area contributed by atoms with Crippen LogP contribution in [0.15, 0.2) is 72.8 Å². The molecule has 3 aromatic carbocycles. The van der Waals surface area contributed by atoms with Crippen molar-refractivity contribution in [2.75, 3.05) is 14.2 Å². The first kappa shape index (κ1) is 20.2. The molecule has 0 unspecified atom stereocenters. The van der Waals surface area contributed by atoms with E-state index in [9.17, 15) is 4.79 Å². The van der Waals surface area contributed by atoms with Gasteiger partial charge < -0.3 is 14.2 Å². The summed E-state index contributed by atoms with van der Waals surface area (Å²) in [6, 6.07) is 20.8. The lowest BCUT2D eigenvalue weighted by Gasteiger charge is -2.12. The van der Waals surface area contributed by atoms with E-state index in [1.54, 1.807) is 38.5 Å². The zero-order chi connectivity index (χ0) is 20.6. The molecule has 4 nitrogen and oxygen atoms in total. The Bertz CT molecular complexity index is 1020. The van der Waals surface area contributed by atoms with Gasteiger partial charge in [0.1, 0.15) is 23.9 Å². The second-order valence-corrected chi connectivity index (χ2v) is 6.52. The molecule has 0 amide bonds. The van der Waals surface area contributed by atoms with E-state index in [4.69, 9.17) is 14.2 Å². The first-order chi connectivity index (χ1) is 14.1. The number of carbonyl (C=O) groups is 1. The molecule has 0 heterocycles. The second kappa shape index (κ2) is 9.60. The fourth-order valence-corrected chi connectivity index (χ4v) is 3.00. The summed E-state index contributed by atoms with van der Waals surface area (Å²) in [5.74, 6) is 2.02. The fourth-order valence-electron chi connectivity index (χ4n) is 3.00. The third-order valence-corrected chi connectivity index (χ3v) is 4.58. The summed E-state index contributed by atoms with van der Waals surface area (Å²) in [6.07, 6.45) is 3.33. The minimum atomic E-state index is -0.115. The molecule has 0 aromatic heterocycles. The molecule has 0 saturated heterocycles. The number of rotatable bonds is 8. The number of benzene rings is 3. The van der Waals surface area contributed by atoms with E-state index >= 15 is 0 Å². The van der Waals surface area contributed by atoms with Crippen LogP contribution in [-0.2, 0) is 6.61 Å². The van der Waals surface area contributed by atoms with Crippen LogP contribution in [0.25, 0.3) is 6.08 Å². The summed E-state index contributed by atoms with van der Waals surface area (Å²) in [5.41, 5.74) is 3.40. The van der Waals surface area contributed by atoms with Crippen molar-refractivity contribution in [1.82, 2.24) is 0 Å². The standard InChI is InChI=1S/C25H24O4/c1-18-8-4-6-10-23(18)29-17-20-16-19(13-15-24(20)27-2)12-14-22(26)21-9-5-7-11-25(21)28-3/h4-16H,17H2,1-3H3/b14-12+. The Kier molecular flexibility index (Phi) is 6.69. The third kappa shape index (κ3) is 5.05. The molecule has 3 aromatic rings. The van der Waals surface area contributed by atoms with Gasteiger partial charge in [-0.15, -0.1) is 0 Å². The van der Waals surface area contributed by atoms with Gasteiger partial charge >= 0.3 is 0 Å². The maximum atomic E-state index is 12.5. The summed E-state index contributed by atoms with van der Waals surface area (Å²) >= 11 is 0. The number of hydrogen-bond donors (Lipinski definition) is 0. The van der Waals surface area contributed by atoms with Crippen LogP contribution in [0.1, 0.15) is 27.0 Å². The van der Waals surface area contributed by atoms with E-state index in [0.717, 1.165) is 28.2 Å². The van der Waals surface area contributed by atoms with E-state index in [2.05, 4.69) is 0 Å². The number of ether oxygens (including phenoxy) is 3. The number of allylic oxidation sites excluding steroid dienone is 1. The minimum absolute atomic E-state index is 0.115. The van der Waals surface area contributed by atoms with E-state index < -0.39 is 0 Å². The van der Waals surface area contributed by atoms with Crippen LogP contribution in [0, 0.1) is 6.92 Å². The van der Waals surface area contributed by atoms with Gasteiger partial charge in [-0.2, -0.15) is 0 Å². The quantitative estimate of drug-likeness (QED) is 0.378. The molecule has 0 N–H and O–H groups in total. The Hall–Kier alpha value is -3.53. The predicted molar refractivity (Wildman–Crippen MR) is 115 cm³/mol. The van der Waals surface area contributed by atoms with Gasteiger partial charge in [0.25, 0.3) is 0 Å². The van der Waals surface area contributed by atoms with Crippen molar-refractivity contribution >= 4 is 11.9 Å². The summed E-state index contributed by atoms with van der Waals surface area (Å²) in [5, 5.41) is 0. The van der Waals surface area contributed by atoms with Gasteiger partial charge in [0.05, 0.1) is 19.8 Å². The minimum Gasteiger partial charge on any atom is -0.496 e. The highest BCUT2D eigenvalue weighted by Crippen LogP contribution is 2.25. The molecule has 0 spiro atoms. The van der Waals surface area contributed by atoms with Gasteiger partial charge in [0.2, 0.25) is 0 Å². The number of para-hydroxylation sites is 2. The number of methoxy groups -OCH3 is 2. The van der Waals surface area contributed by atoms with E-state index in [1.165, 1.54) is 0 Å². The van der Waals surface area contributed by atoms with E-state index in [1.807, 2.05) is 61.5 Å². The zero-order valence-electron chi connectivity index (χ0n) is 16.8. The van der Waals surface area contributed by atoms with Crippen molar-refractivity contribution in [3.05, 3.63) is 95.1 Å². The maximum Gasteiger partial charge on any atom is 0.189 e. The Labute approximate surface area is 171 Å². The van der Waals surface area contributed by atoms with Crippen molar-refractivity contribution in [3.8, 4) is 17.2 Å². The van der Waals surface area contributed by atoms with Crippen molar-refractivity contribution in [2.24, 2.45) is 0 Å². The fraction of sp³-hybridized carbons (Fsp3) is 0.160. The molecule has 3 rings (SSSR count). The van der Waals surface area contributed by atoms with Crippen molar-refractivity contribution in [3.63, 3.8) is 0 Å². The lowest BCUT2D eigenvalue weighted by atomic mass is 10.1. The molecular weight excluding hydrogens is 364 g/mol.